The van der Waals surface area contributed by atoms with Crippen LogP contribution >= 0.6 is 27.5 Å². The summed E-state index contributed by atoms with van der Waals surface area (Å²) in [5, 5.41) is 31.7. The number of carboxylic acid groups (broad SMARTS) is 1. The smallest absolute Gasteiger partial charge is 0.337 e. The van der Waals surface area contributed by atoms with Crippen molar-refractivity contribution in [3.05, 3.63) is 111 Å². The van der Waals surface area contributed by atoms with Gasteiger partial charge in [-0.15, -0.1) is 0 Å². The Morgan fingerprint density at radius 3 is 2.29 bits per heavy atom. The predicted octanol–water partition coefficient (Wildman–Crippen LogP) is 7.48. The van der Waals surface area contributed by atoms with Gasteiger partial charge < -0.3 is 20.1 Å². The number of benzene rings is 4. The van der Waals surface area contributed by atoms with Crippen LogP contribution in [0.25, 0.3) is 10.8 Å². The SMILES string of the molecule is CCCC[C@@H]([C@@H](O)c1ccc2c(Cl)c(OC)ccc2c1)N1CCN(Cc2ccccc2)CC1.O=C(O)[C@H](O)c1ccccc1Br. The fraction of sp³-hybridized carbons (Fsp3) is 0.361. The average Bonchev–Trinajstić information content (AvgIpc) is 3.06. The van der Waals surface area contributed by atoms with E-state index in [-0.39, 0.29) is 6.04 Å². The Bertz CT molecular complexity index is 1530. The van der Waals surface area contributed by atoms with Gasteiger partial charge in [-0.1, -0.05) is 114 Å². The first-order valence-electron chi connectivity index (χ1n) is 15.3. The Morgan fingerprint density at radius 1 is 0.956 bits per heavy atom. The predicted molar refractivity (Wildman–Crippen MR) is 184 cm³/mol. The number of carboxylic acids is 1. The van der Waals surface area contributed by atoms with Crippen molar-refractivity contribution in [2.45, 2.75) is 51.0 Å². The van der Waals surface area contributed by atoms with Crippen LogP contribution < -0.4 is 4.74 Å². The average molecular weight is 698 g/mol. The lowest BCUT2D eigenvalue weighted by atomic mass is 9.94. The van der Waals surface area contributed by atoms with Gasteiger partial charge in [0.05, 0.1) is 18.2 Å². The molecule has 1 heterocycles. The molecule has 0 amide bonds. The first-order chi connectivity index (χ1) is 21.7. The largest absolute Gasteiger partial charge is 0.495 e. The number of aliphatic hydroxyl groups excluding tert-OH is 2. The molecule has 1 fully saturated rings. The van der Waals surface area contributed by atoms with Crippen LogP contribution in [-0.4, -0.2) is 70.4 Å². The molecular formula is C36H42BrClN2O5. The van der Waals surface area contributed by atoms with Crippen molar-refractivity contribution < 1.29 is 24.9 Å². The topological polar surface area (TPSA) is 93.5 Å². The molecule has 3 atom stereocenters. The van der Waals surface area contributed by atoms with Gasteiger partial charge in [0.15, 0.2) is 6.10 Å². The molecule has 7 nitrogen and oxygen atoms in total. The number of unbranched alkanes of at least 4 members (excludes halogenated alkanes) is 1. The quantitative estimate of drug-likeness (QED) is 0.150. The number of carbonyl (C=O) groups is 1. The zero-order valence-corrected chi connectivity index (χ0v) is 28.1. The monoisotopic (exact) mass is 696 g/mol. The van der Waals surface area contributed by atoms with Crippen LogP contribution in [0.3, 0.4) is 0 Å². The van der Waals surface area contributed by atoms with Gasteiger partial charge in [0.25, 0.3) is 0 Å². The standard InChI is InChI=1S/C28H35ClN2O2.C8H7BrO3/c1-3-4-10-25(31-17-15-30(16-18-31)20-21-8-6-5-7-9-21)28(32)23-11-13-24-22(19-23)12-14-26(33-2)27(24)29;9-6-4-2-1-3-5(6)7(10)8(11)12/h5-9,11-14,19,25,28,32H,3-4,10,15-18,20H2,1-2H3;1-4,7,10H,(H,11,12)/t25-,28-;7-/m01/s1. The molecule has 1 aliphatic heterocycles. The number of methoxy groups -OCH3 is 1. The van der Waals surface area contributed by atoms with Gasteiger partial charge in [-0.05, 0) is 41.1 Å². The number of hydrogen-bond donors (Lipinski definition) is 3. The van der Waals surface area contributed by atoms with E-state index in [2.05, 4.69) is 69.1 Å². The molecule has 0 radical (unpaired) electrons. The highest BCUT2D eigenvalue weighted by Crippen LogP contribution is 2.35. The van der Waals surface area contributed by atoms with Gasteiger partial charge in [0.1, 0.15) is 5.75 Å². The van der Waals surface area contributed by atoms with Crippen LogP contribution in [0.2, 0.25) is 5.02 Å². The van der Waals surface area contributed by atoms with E-state index in [9.17, 15) is 9.90 Å². The summed E-state index contributed by atoms with van der Waals surface area (Å²) in [4.78, 5) is 15.4. The number of piperazine rings is 1. The van der Waals surface area contributed by atoms with Crippen molar-refractivity contribution in [1.29, 1.82) is 0 Å². The Hall–Kier alpha value is -2.98. The number of halogens is 2. The molecule has 0 spiro atoms. The number of aliphatic hydroxyl groups is 2. The molecule has 240 valence electrons. The second-order valence-corrected chi connectivity index (χ2v) is 12.5. The summed E-state index contributed by atoms with van der Waals surface area (Å²) in [6, 6.07) is 27.5. The Kier molecular flexibility index (Phi) is 13.2. The molecule has 0 aromatic heterocycles. The van der Waals surface area contributed by atoms with Gasteiger partial charge in [-0.2, -0.15) is 0 Å². The first kappa shape index (κ1) is 34.9. The molecule has 5 rings (SSSR count). The summed E-state index contributed by atoms with van der Waals surface area (Å²) < 4.78 is 5.94. The van der Waals surface area contributed by atoms with E-state index in [1.54, 1.807) is 31.4 Å². The fourth-order valence-electron chi connectivity index (χ4n) is 5.73. The van der Waals surface area contributed by atoms with E-state index in [1.807, 2.05) is 24.3 Å². The van der Waals surface area contributed by atoms with Crippen molar-refractivity contribution >= 4 is 44.3 Å². The van der Waals surface area contributed by atoms with E-state index in [0.29, 0.717) is 20.8 Å². The van der Waals surface area contributed by atoms with Crippen LogP contribution in [0, 0.1) is 0 Å². The van der Waals surface area contributed by atoms with Crippen LogP contribution in [0.15, 0.2) is 89.4 Å². The van der Waals surface area contributed by atoms with Crippen LogP contribution in [0.1, 0.15) is 55.1 Å². The van der Waals surface area contributed by atoms with Crippen LogP contribution in [0.5, 0.6) is 5.75 Å². The molecule has 1 saturated heterocycles. The van der Waals surface area contributed by atoms with E-state index >= 15 is 0 Å². The van der Waals surface area contributed by atoms with Gasteiger partial charge in [0, 0.05) is 54.2 Å². The Labute approximate surface area is 279 Å². The molecule has 0 bridgehead atoms. The number of ether oxygens (including phenoxy) is 1. The van der Waals surface area contributed by atoms with Gasteiger partial charge in [-0.25, -0.2) is 4.79 Å². The summed E-state index contributed by atoms with van der Waals surface area (Å²) in [6.45, 7) is 7.22. The number of rotatable bonds is 11. The zero-order valence-electron chi connectivity index (χ0n) is 25.8. The lowest BCUT2D eigenvalue weighted by Gasteiger charge is -2.41. The first-order valence-corrected chi connectivity index (χ1v) is 16.5. The third-order valence-corrected chi connectivity index (χ3v) is 9.39. The van der Waals surface area contributed by atoms with Gasteiger partial charge >= 0.3 is 5.97 Å². The third-order valence-electron chi connectivity index (χ3n) is 8.28. The second kappa shape index (κ2) is 17.1. The van der Waals surface area contributed by atoms with E-state index in [4.69, 9.17) is 26.6 Å². The maximum Gasteiger partial charge on any atom is 0.337 e. The van der Waals surface area contributed by atoms with Crippen molar-refractivity contribution in [1.82, 2.24) is 9.80 Å². The van der Waals surface area contributed by atoms with E-state index in [1.165, 1.54) is 5.56 Å². The van der Waals surface area contributed by atoms with E-state index < -0.39 is 18.2 Å². The minimum atomic E-state index is -1.46. The highest BCUT2D eigenvalue weighted by molar-refractivity contribution is 9.10. The highest BCUT2D eigenvalue weighted by Gasteiger charge is 2.30. The van der Waals surface area contributed by atoms with Gasteiger partial charge in [-0.3, -0.25) is 9.80 Å². The Morgan fingerprint density at radius 2 is 1.64 bits per heavy atom. The molecule has 0 unspecified atom stereocenters. The molecule has 4 aromatic carbocycles. The molecule has 4 aromatic rings. The fourth-order valence-corrected chi connectivity index (χ4v) is 6.55. The van der Waals surface area contributed by atoms with Crippen LogP contribution in [-0.2, 0) is 11.3 Å². The lowest BCUT2D eigenvalue weighted by molar-refractivity contribution is -0.147. The molecule has 3 N–H and O–H groups in total. The van der Waals surface area contributed by atoms with Crippen molar-refractivity contribution in [3.8, 4) is 5.75 Å². The molecule has 0 aliphatic carbocycles. The highest BCUT2D eigenvalue weighted by atomic mass is 79.9. The summed E-state index contributed by atoms with van der Waals surface area (Å²) in [5.74, 6) is -0.575. The maximum atomic E-state index is 11.5. The number of fused-ring (bicyclic) bond motifs is 1. The van der Waals surface area contributed by atoms with Crippen molar-refractivity contribution in [2.75, 3.05) is 33.3 Å². The number of hydrogen-bond acceptors (Lipinski definition) is 6. The zero-order chi connectivity index (χ0) is 32.3. The summed E-state index contributed by atoms with van der Waals surface area (Å²) >= 11 is 9.64. The minimum Gasteiger partial charge on any atom is -0.495 e. The number of aliphatic carboxylic acids is 1. The normalized spacial score (nSPS) is 16.0. The molecule has 0 saturated carbocycles. The molecular weight excluding hydrogens is 656 g/mol. The van der Waals surface area contributed by atoms with Crippen LogP contribution in [0.4, 0.5) is 0 Å². The summed E-state index contributed by atoms with van der Waals surface area (Å²) in [6.07, 6.45) is 1.26. The third kappa shape index (κ3) is 9.28. The number of nitrogens with zero attached hydrogens (tertiary/aromatic N) is 2. The molecule has 45 heavy (non-hydrogen) atoms. The summed E-state index contributed by atoms with van der Waals surface area (Å²) in [7, 11) is 1.63. The molecule has 9 heteroatoms. The summed E-state index contributed by atoms with van der Waals surface area (Å²) in [5.41, 5.74) is 2.68. The Balaban J connectivity index is 0.000000323. The second-order valence-electron chi connectivity index (χ2n) is 11.3. The lowest BCUT2D eigenvalue weighted by Crippen LogP contribution is -2.51. The molecule has 1 aliphatic rings. The van der Waals surface area contributed by atoms with Crippen molar-refractivity contribution in [2.24, 2.45) is 0 Å². The van der Waals surface area contributed by atoms with Crippen molar-refractivity contribution in [3.63, 3.8) is 0 Å². The van der Waals surface area contributed by atoms with E-state index in [0.717, 1.165) is 68.3 Å². The maximum absolute atomic E-state index is 11.5. The van der Waals surface area contributed by atoms with Gasteiger partial charge in [0.2, 0.25) is 0 Å². The minimum absolute atomic E-state index is 0.120.